The molecule has 0 unspecified atom stereocenters. The number of azo groups is 3. The van der Waals surface area contributed by atoms with E-state index in [4.69, 9.17) is 15.0 Å². The minimum atomic E-state index is -0.526. The second kappa shape index (κ2) is 30.4. The van der Waals surface area contributed by atoms with Gasteiger partial charge in [-0.05, 0) is 163 Å². The maximum atomic E-state index is 11.6. The number of nitrogens with zero attached hydrogens (tertiary/aromatic N) is 12. The highest BCUT2D eigenvalue weighted by Crippen LogP contribution is 2.43. The molecule has 0 saturated carbocycles. The molecule has 0 saturated heterocycles. The van der Waals surface area contributed by atoms with Crippen molar-refractivity contribution in [3.05, 3.63) is 281 Å². The van der Waals surface area contributed by atoms with Gasteiger partial charge in [0.2, 0.25) is 0 Å². The van der Waals surface area contributed by atoms with Crippen molar-refractivity contribution in [2.45, 2.75) is 52.7 Å². The first-order chi connectivity index (χ1) is 45.1. The third kappa shape index (κ3) is 16.4. The summed E-state index contributed by atoms with van der Waals surface area (Å²) >= 11 is 4.86. The number of thioether (sulfide) groups is 3. The fraction of sp³-hybridized carbons (Fsp3) is 0.0870. The van der Waals surface area contributed by atoms with Gasteiger partial charge in [0.15, 0.2) is 17.1 Å². The van der Waals surface area contributed by atoms with Gasteiger partial charge in [0.25, 0.3) is 17.1 Å². The van der Waals surface area contributed by atoms with Crippen LogP contribution >= 0.6 is 35.3 Å². The molecular formula is C69H54N12O9S3. The molecule has 21 nitrogen and oxygen atoms in total. The molecule has 24 heteroatoms. The fourth-order valence-corrected chi connectivity index (χ4v) is 13.1. The van der Waals surface area contributed by atoms with Crippen LogP contribution in [-0.2, 0) is 17.3 Å². The Morgan fingerprint density at radius 2 is 0.591 bits per heavy atom. The van der Waals surface area contributed by atoms with Gasteiger partial charge < -0.3 is 15.3 Å². The van der Waals surface area contributed by atoms with Crippen molar-refractivity contribution < 1.29 is 30.1 Å². The van der Waals surface area contributed by atoms with Gasteiger partial charge in [-0.2, -0.15) is 15.3 Å². The lowest BCUT2D eigenvalue weighted by Gasteiger charge is -2.23. The summed E-state index contributed by atoms with van der Waals surface area (Å²) in [4.78, 5) is 50.4. The second-order valence-electron chi connectivity index (χ2n) is 20.4. The molecule has 93 heavy (non-hydrogen) atoms. The maximum absolute atomic E-state index is 11.6. The van der Waals surface area contributed by atoms with E-state index in [9.17, 15) is 45.7 Å². The van der Waals surface area contributed by atoms with Crippen LogP contribution in [0.25, 0.3) is 0 Å². The molecule has 462 valence electrons. The lowest BCUT2D eigenvalue weighted by molar-refractivity contribution is -0.384. The van der Waals surface area contributed by atoms with Crippen LogP contribution in [0, 0.1) is 51.1 Å². The summed E-state index contributed by atoms with van der Waals surface area (Å²) in [5.41, 5.74) is 10.5. The highest BCUT2D eigenvalue weighted by atomic mass is 32.2. The minimum Gasteiger partial charge on any atom is -0.507 e. The van der Waals surface area contributed by atoms with Crippen LogP contribution in [0.4, 0.5) is 68.2 Å². The van der Waals surface area contributed by atoms with Crippen LogP contribution in [0.5, 0.6) is 17.2 Å². The molecule has 0 aliphatic rings. The maximum Gasteiger partial charge on any atom is 0.296 e. The first kappa shape index (κ1) is 64.6. The molecule has 0 aromatic heterocycles. The molecule has 0 atom stereocenters. The summed E-state index contributed by atoms with van der Waals surface area (Å²) in [5.74, 6) is 1.54. The molecular weight excluding hydrogens is 1240 g/mol. The highest BCUT2D eigenvalue weighted by molar-refractivity contribution is 7.99. The standard InChI is InChI=1S/C69H54N12O9S3/c1-43-52(40-91-67-25-13-7-19-58(67)70-37-46-34-49(28-31-64(46)82)73-76-55-16-4-10-22-61(55)79(85)86)44(2)54(42-93-69-27-15-9-21-60(69)72-39-48-36-51(30-33-66(48)84)75-78-57-18-6-12-24-63(57)81(89)90)45(3)53(43)41-92-68-26-14-8-20-59(68)71-38-47-35-50(29-32-65(47)83)74-77-56-17-5-11-23-62(56)80(87)88/h4-39,82-84H,40-42H2,1-3H3. The first-order valence-corrected chi connectivity index (χ1v) is 31.4. The molecule has 0 fully saturated rings. The predicted molar refractivity (Wildman–Crippen MR) is 367 cm³/mol. The van der Waals surface area contributed by atoms with E-state index in [0.29, 0.717) is 68.1 Å². The summed E-state index contributed by atoms with van der Waals surface area (Å²) in [7, 11) is 0. The van der Waals surface area contributed by atoms with Gasteiger partial charge in [-0.25, -0.2) is 0 Å². The van der Waals surface area contributed by atoms with Crippen molar-refractivity contribution in [2.24, 2.45) is 45.7 Å². The monoisotopic (exact) mass is 1290 g/mol. The molecule has 0 bridgehead atoms. The van der Waals surface area contributed by atoms with Crippen LogP contribution in [0.2, 0.25) is 0 Å². The molecule has 3 N–H and O–H groups in total. The number of para-hydroxylation sites is 6. The Labute approximate surface area is 545 Å². The summed E-state index contributed by atoms with van der Waals surface area (Å²) in [5, 5.41) is 92.6. The molecule has 0 spiro atoms. The molecule has 0 amide bonds. The number of rotatable bonds is 24. The average molecular weight is 1290 g/mol. The number of aromatic hydroxyl groups is 3. The molecule has 10 aromatic carbocycles. The summed E-state index contributed by atoms with van der Waals surface area (Å²) < 4.78 is 0. The van der Waals surface area contributed by atoms with Gasteiger partial charge >= 0.3 is 0 Å². The predicted octanol–water partition coefficient (Wildman–Crippen LogP) is 20.8. The van der Waals surface area contributed by atoms with Gasteiger partial charge in [0.05, 0.1) is 48.9 Å². The minimum absolute atomic E-state index is 0.0467. The lowest BCUT2D eigenvalue weighted by atomic mass is 9.90. The molecule has 10 rings (SSSR count). The number of phenolic OH excluding ortho intramolecular Hbond substituents is 3. The number of aliphatic imine (C=N–C) groups is 3. The first-order valence-electron chi connectivity index (χ1n) is 28.4. The van der Waals surface area contributed by atoms with Crippen molar-refractivity contribution in [2.75, 3.05) is 0 Å². The topological polar surface area (TPSA) is 301 Å². The number of hydrogen-bond donors (Lipinski definition) is 3. The zero-order chi connectivity index (χ0) is 65.4. The van der Waals surface area contributed by atoms with Crippen LogP contribution in [0.3, 0.4) is 0 Å². The molecule has 0 radical (unpaired) electrons. The van der Waals surface area contributed by atoms with Gasteiger partial charge in [0, 0.05) is 85.5 Å². The number of phenols is 3. The van der Waals surface area contributed by atoms with E-state index in [0.717, 1.165) is 48.1 Å². The number of hydrogen-bond acceptors (Lipinski definition) is 21. The van der Waals surface area contributed by atoms with Crippen LogP contribution < -0.4 is 0 Å². The van der Waals surface area contributed by atoms with Crippen LogP contribution in [-0.4, -0.2) is 48.7 Å². The number of benzene rings is 10. The van der Waals surface area contributed by atoms with E-state index in [-0.39, 0.29) is 51.4 Å². The van der Waals surface area contributed by atoms with Crippen molar-refractivity contribution in [1.82, 2.24) is 0 Å². The Bertz CT molecular complexity index is 4210. The second-order valence-corrected chi connectivity index (χ2v) is 23.5. The van der Waals surface area contributed by atoms with Gasteiger partial charge in [0.1, 0.15) is 17.2 Å². The fourth-order valence-electron chi connectivity index (χ4n) is 9.53. The molecule has 10 aromatic rings. The SMILES string of the molecule is Cc1c(CSc2ccccc2N=Cc2cc(N=Nc3ccccc3[N+](=O)[O-])ccc2O)c(C)c(CSc2ccccc2N=Cc2cc(N=Nc3ccccc3[N+](=O)[O-])ccc2O)c(C)c1CSc1ccccc1N=Cc1cc(N=Nc2ccccc2[N+](=O)[O-])ccc1O. The zero-order valence-corrected chi connectivity index (χ0v) is 52.2. The summed E-state index contributed by atoms with van der Waals surface area (Å²) in [6, 6.07) is 55.1. The van der Waals surface area contributed by atoms with Crippen LogP contribution in [0.1, 0.15) is 50.1 Å². The van der Waals surface area contributed by atoms with E-state index >= 15 is 0 Å². The number of nitro benzene ring substituents is 3. The Balaban J connectivity index is 0.935. The quantitative estimate of drug-likeness (QED) is 0.0167. The molecule has 0 aliphatic carbocycles. The Morgan fingerprint density at radius 3 is 0.860 bits per heavy atom. The highest BCUT2D eigenvalue weighted by Gasteiger charge is 2.21. The Hall–Kier alpha value is -11.3. The third-order valence-corrected chi connectivity index (χ3v) is 17.8. The normalized spacial score (nSPS) is 11.8. The average Bonchev–Trinajstić information content (AvgIpc) is 1.03. The van der Waals surface area contributed by atoms with E-state index < -0.39 is 14.8 Å². The zero-order valence-electron chi connectivity index (χ0n) is 49.8. The van der Waals surface area contributed by atoms with Crippen molar-refractivity contribution >= 4 is 122 Å². The van der Waals surface area contributed by atoms with E-state index in [2.05, 4.69) is 51.5 Å². The largest absolute Gasteiger partial charge is 0.507 e. The van der Waals surface area contributed by atoms with Crippen LogP contribution in [0.15, 0.2) is 261 Å². The van der Waals surface area contributed by atoms with E-state index in [1.807, 2.05) is 72.8 Å². The Morgan fingerprint density at radius 1 is 0.344 bits per heavy atom. The van der Waals surface area contributed by atoms with E-state index in [1.165, 1.54) is 54.6 Å². The smallest absolute Gasteiger partial charge is 0.296 e. The van der Waals surface area contributed by atoms with Gasteiger partial charge in [-0.1, -0.05) is 72.8 Å². The van der Waals surface area contributed by atoms with E-state index in [1.54, 1.807) is 127 Å². The third-order valence-electron chi connectivity index (χ3n) is 14.5. The van der Waals surface area contributed by atoms with Crippen molar-refractivity contribution in [1.29, 1.82) is 0 Å². The number of nitro groups is 3. The lowest BCUT2D eigenvalue weighted by Crippen LogP contribution is -2.06. The summed E-state index contributed by atoms with van der Waals surface area (Å²) in [6.45, 7) is 6.43. The Kier molecular flexibility index (Phi) is 21.2. The molecule has 0 heterocycles. The van der Waals surface area contributed by atoms with Gasteiger partial charge in [-0.3, -0.25) is 45.3 Å². The summed E-state index contributed by atoms with van der Waals surface area (Å²) in [6.07, 6.45) is 4.63. The van der Waals surface area contributed by atoms with Crippen molar-refractivity contribution in [3.8, 4) is 17.2 Å². The van der Waals surface area contributed by atoms with Crippen molar-refractivity contribution in [3.63, 3.8) is 0 Å². The van der Waals surface area contributed by atoms with Gasteiger partial charge in [-0.15, -0.1) is 50.6 Å². The molecule has 0 aliphatic heterocycles.